The average molecular weight is 286 g/mol. The fourth-order valence-electron chi connectivity index (χ4n) is 2.33. The van der Waals surface area contributed by atoms with Gasteiger partial charge in [-0.3, -0.25) is 9.59 Å². The predicted octanol–water partition coefficient (Wildman–Crippen LogP) is 1.41. The van der Waals surface area contributed by atoms with E-state index in [1.54, 1.807) is 19.3 Å². The summed E-state index contributed by atoms with van der Waals surface area (Å²) in [5.41, 5.74) is 5.89. The summed E-state index contributed by atoms with van der Waals surface area (Å²) in [7, 11) is 1.65. The second-order valence-electron chi connectivity index (χ2n) is 5.04. The van der Waals surface area contributed by atoms with Gasteiger partial charge in [0.1, 0.15) is 0 Å². The summed E-state index contributed by atoms with van der Waals surface area (Å²) < 4.78 is 1.43. The van der Waals surface area contributed by atoms with E-state index >= 15 is 0 Å². The van der Waals surface area contributed by atoms with Crippen molar-refractivity contribution in [3.8, 4) is 0 Å². The maximum atomic E-state index is 12.2. The molecule has 0 spiro atoms. The zero-order valence-corrected chi connectivity index (χ0v) is 11.8. The van der Waals surface area contributed by atoms with E-state index in [0.717, 1.165) is 32.1 Å². The topological polar surface area (TPSA) is 77.1 Å². The number of nitrogens with one attached hydrogen (secondary N) is 1. The van der Waals surface area contributed by atoms with Crippen LogP contribution in [0, 0.1) is 0 Å². The third-order valence-electron chi connectivity index (χ3n) is 3.54. The quantitative estimate of drug-likeness (QED) is 0.862. The lowest BCUT2D eigenvalue weighted by molar-refractivity contribution is -0.122. The lowest BCUT2D eigenvalue weighted by atomic mass is 9.82. The molecule has 1 aliphatic carbocycles. The Bertz CT molecular complexity index is 507. The van der Waals surface area contributed by atoms with Gasteiger partial charge in [0.15, 0.2) is 0 Å². The second-order valence-corrected chi connectivity index (χ2v) is 5.04. The summed E-state index contributed by atoms with van der Waals surface area (Å²) in [4.78, 5) is 23.4. The van der Waals surface area contributed by atoms with Crippen molar-refractivity contribution < 1.29 is 4.79 Å². The summed E-state index contributed by atoms with van der Waals surface area (Å²) in [6.07, 6.45) is 6.20. The molecule has 1 amide bonds. The standard InChI is InChI=1S/C13H19N3O2.ClH/c1-16-9-10(5-6-11(16)17)15-12(18)13(14)7-3-2-4-8-13;/h5-6,9H,2-4,7-8,14H2,1H3,(H,15,18);1H. The number of nitrogens with two attached hydrogens (primary N) is 1. The number of halogens is 1. The third kappa shape index (κ3) is 3.58. The smallest absolute Gasteiger partial charge is 0.250 e. The van der Waals surface area contributed by atoms with Crippen LogP contribution in [-0.2, 0) is 11.8 Å². The van der Waals surface area contributed by atoms with Gasteiger partial charge < -0.3 is 15.6 Å². The minimum atomic E-state index is -0.757. The van der Waals surface area contributed by atoms with Crippen molar-refractivity contribution in [2.24, 2.45) is 12.8 Å². The van der Waals surface area contributed by atoms with Gasteiger partial charge >= 0.3 is 0 Å². The molecule has 1 fully saturated rings. The van der Waals surface area contributed by atoms with E-state index in [4.69, 9.17) is 5.73 Å². The molecule has 2 rings (SSSR count). The molecule has 1 heterocycles. The third-order valence-corrected chi connectivity index (χ3v) is 3.54. The van der Waals surface area contributed by atoms with Gasteiger partial charge in [-0.05, 0) is 18.9 Å². The molecule has 1 aromatic heterocycles. The van der Waals surface area contributed by atoms with Crippen molar-refractivity contribution in [2.75, 3.05) is 5.32 Å². The van der Waals surface area contributed by atoms with Crippen LogP contribution in [0.1, 0.15) is 32.1 Å². The molecule has 0 aromatic carbocycles. The van der Waals surface area contributed by atoms with Crippen LogP contribution in [0.25, 0.3) is 0 Å². The Labute approximate surface area is 118 Å². The Kier molecular flexibility index (Phi) is 5.14. The van der Waals surface area contributed by atoms with Gasteiger partial charge in [0.05, 0.1) is 11.2 Å². The Morgan fingerprint density at radius 2 is 1.95 bits per heavy atom. The first-order valence-electron chi connectivity index (χ1n) is 6.28. The molecule has 1 aliphatic rings. The molecule has 0 radical (unpaired) electrons. The number of anilines is 1. The van der Waals surface area contributed by atoms with E-state index in [9.17, 15) is 9.59 Å². The Morgan fingerprint density at radius 1 is 1.32 bits per heavy atom. The number of pyridine rings is 1. The van der Waals surface area contributed by atoms with Gasteiger partial charge in [0.25, 0.3) is 0 Å². The molecule has 0 saturated heterocycles. The lowest BCUT2D eigenvalue weighted by Crippen LogP contribution is -2.52. The van der Waals surface area contributed by atoms with Crippen molar-refractivity contribution in [1.82, 2.24) is 4.57 Å². The first kappa shape index (κ1) is 15.7. The highest BCUT2D eigenvalue weighted by molar-refractivity contribution is 5.97. The van der Waals surface area contributed by atoms with Gasteiger partial charge in [0.2, 0.25) is 11.5 Å². The summed E-state index contributed by atoms with van der Waals surface area (Å²) in [5.74, 6) is -0.152. The number of nitrogens with zero attached hydrogens (tertiary/aromatic N) is 1. The van der Waals surface area contributed by atoms with Crippen LogP contribution in [0.2, 0.25) is 0 Å². The molecule has 0 atom stereocenters. The molecular formula is C13H20ClN3O2. The zero-order chi connectivity index (χ0) is 13.2. The first-order valence-corrected chi connectivity index (χ1v) is 6.28. The number of carbonyl (C=O) groups is 1. The maximum Gasteiger partial charge on any atom is 0.250 e. The van der Waals surface area contributed by atoms with Gasteiger partial charge in [-0.2, -0.15) is 0 Å². The molecule has 106 valence electrons. The molecule has 19 heavy (non-hydrogen) atoms. The van der Waals surface area contributed by atoms with E-state index in [1.807, 2.05) is 0 Å². The molecule has 0 aliphatic heterocycles. The van der Waals surface area contributed by atoms with E-state index in [0.29, 0.717) is 5.69 Å². The fraction of sp³-hybridized carbons (Fsp3) is 0.538. The summed E-state index contributed by atoms with van der Waals surface area (Å²) in [6, 6.07) is 3.03. The highest BCUT2D eigenvalue weighted by atomic mass is 35.5. The lowest BCUT2D eigenvalue weighted by Gasteiger charge is -2.31. The van der Waals surface area contributed by atoms with Crippen molar-refractivity contribution in [2.45, 2.75) is 37.6 Å². The number of hydrogen-bond acceptors (Lipinski definition) is 3. The Morgan fingerprint density at radius 3 is 2.53 bits per heavy atom. The molecule has 1 aromatic rings. The Balaban J connectivity index is 0.00000180. The highest BCUT2D eigenvalue weighted by Crippen LogP contribution is 2.27. The molecule has 3 N–H and O–H groups in total. The van der Waals surface area contributed by atoms with Crippen LogP contribution in [0.4, 0.5) is 5.69 Å². The SMILES string of the molecule is Cl.Cn1cc(NC(=O)C2(N)CCCCC2)ccc1=O. The number of aryl methyl sites for hydroxylation is 1. The number of aromatic nitrogens is 1. The molecule has 5 nitrogen and oxygen atoms in total. The normalized spacial score (nSPS) is 17.4. The fourth-order valence-corrected chi connectivity index (χ4v) is 2.33. The van der Waals surface area contributed by atoms with E-state index < -0.39 is 5.54 Å². The van der Waals surface area contributed by atoms with Crippen molar-refractivity contribution in [3.63, 3.8) is 0 Å². The molecule has 0 bridgehead atoms. The van der Waals surface area contributed by atoms with Crippen LogP contribution < -0.4 is 16.6 Å². The monoisotopic (exact) mass is 285 g/mol. The van der Waals surface area contributed by atoms with Gasteiger partial charge in [0, 0.05) is 19.3 Å². The number of rotatable bonds is 2. The predicted molar refractivity (Wildman–Crippen MR) is 77.6 cm³/mol. The van der Waals surface area contributed by atoms with Gasteiger partial charge in [-0.1, -0.05) is 19.3 Å². The maximum absolute atomic E-state index is 12.2. The number of hydrogen-bond donors (Lipinski definition) is 2. The number of amides is 1. The average Bonchev–Trinajstić information content (AvgIpc) is 2.35. The van der Waals surface area contributed by atoms with Crippen LogP contribution in [0.3, 0.4) is 0 Å². The van der Waals surface area contributed by atoms with E-state index in [-0.39, 0.29) is 23.9 Å². The number of carbonyl (C=O) groups excluding carboxylic acids is 1. The van der Waals surface area contributed by atoms with Gasteiger partial charge in [-0.25, -0.2) is 0 Å². The largest absolute Gasteiger partial charge is 0.323 e. The van der Waals surface area contributed by atoms with Crippen LogP contribution in [0.5, 0.6) is 0 Å². The summed E-state index contributed by atoms with van der Waals surface area (Å²) >= 11 is 0. The molecular weight excluding hydrogens is 266 g/mol. The van der Waals surface area contributed by atoms with Crippen molar-refractivity contribution in [3.05, 3.63) is 28.7 Å². The van der Waals surface area contributed by atoms with Crippen LogP contribution in [0.15, 0.2) is 23.1 Å². The van der Waals surface area contributed by atoms with E-state index in [2.05, 4.69) is 5.32 Å². The van der Waals surface area contributed by atoms with Crippen molar-refractivity contribution in [1.29, 1.82) is 0 Å². The summed E-state index contributed by atoms with van der Waals surface area (Å²) in [5, 5.41) is 2.80. The van der Waals surface area contributed by atoms with Gasteiger partial charge in [-0.15, -0.1) is 12.4 Å². The van der Waals surface area contributed by atoms with Crippen molar-refractivity contribution >= 4 is 24.0 Å². The highest BCUT2D eigenvalue weighted by Gasteiger charge is 2.35. The second kappa shape index (κ2) is 6.21. The molecule has 6 heteroatoms. The summed E-state index contributed by atoms with van der Waals surface area (Å²) in [6.45, 7) is 0. The minimum absolute atomic E-state index is 0. The minimum Gasteiger partial charge on any atom is -0.323 e. The molecule has 0 unspecified atom stereocenters. The molecule has 1 saturated carbocycles. The zero-order valence-electron chi connectivity index (χ0n) is 11.0. The Hall–Kier alpha value is -1.33. The van der Waals surface area contributed by atoms with E-state index in [1.165, 1.54) is 10.6 Å². The van der Waals surface area contributed by atoms with Crippen LogP contribution >= 0.6 is 12.4 Å². The van der Waals surface area contributed by atoms with Crippen LogP contribution in [-0.4, -0.2) is 16.0 Å². The first-order chi connectivity index (χ1) is 8.51.